The summed E-state index contributed by atoms with van der Waals surface area (Å²) >= 11 is 0. The minimum absolute atomic E-state index is 0.0290. The molecule has 1 aromatic heterocycles. The van der Waals surface area contributed by atoms with E-state index in [9.17, 15) is 8.42 Å². The lowest BCUT2D eigenvalue weighted by molar-refractivity contribution is 0.531. The van der Waals surface area contributed by atoms with Crippen LogP contribution in [0.15, 0.2) is 33.6 Å². The van der Waals surface area contributed by atoms with Gasteiger partial charge in [0.15, 0.2) is 0 Å². The number of primary sulfonamides is 1. The molecule has 0 amide bonds. The second-order valence-electron chi connectivity index (χ2n) is 3.17. The predicted octanol–water partition coefficient (Wildman–Crippen LogP) is 0.692. The second kappa shape index (κ2) is 3.69. The molecule has 0 saturated carbocycles. The van der Waals surface area contributed by atoms with Crippen LogP contribution in [0.5, 0.6) is 0 Å². The quantitative estimate of drug-likeness (QED) is 0.831. The van der Waals surface area contributed by atoms with Gasteiger partial charge in [-0.2, -0.15) is 0 Å². The molecule has 0 radical (unpaired) electrons. The van der Waals surface area contributed by atoms with Crippen LogP contribution < -0.4 is 5.14 Å². The molecule has 2 aromatic rings. The predicted molar refractivity (Wildman–Crippen MR) is 55.8 cm³/mol. The molecule has 6 nitrogen and oxygen atoms in total. The first-order valence-electron chi connectivity index (χ1n) is 4.41. The van der Waals surface area contributed by atoms with Crippen LogP contribution >= 0.6 is 0 Å². The van der Waals surface area contributed by atoms with Crippen molar-refractivity contribution < 1.29 is 12.8 Å². The van der Waals surface area contributed by atoms with E-state index in [4.69, 9.17) is 9.56 Å². The summed E-state index contributed by atoms with van der Waals surface area (Å²) in [4.78, 5) is -0.0290. The average molecular weight is 239 g/mol. The van der Waals surface area contributed by atoms with Crippen LogP contribution in [0.2, 0.25) is 0 Å². The van der Waals surface area contributed by atoms with E-state index in [-0.39, 0.29) is 10.8 Å². The van der Waals surface area contributed by atoms with Crippen molar-refractivity contribution >= 4 is 10.0 Å². The van der Waals surface area contributed by atoms with Crippen molar-refractivity contribution in [3.8, 4) is 11.5 Å². The van der Waals surface area contributed by atoms with Gasteiger partial charge in [0.2, 0.25) is 21.8 Å². The molecule has 1 heterocycles. The SMILES string of the molecule is Cc1nnc(-c2ccccc2S(N)(=O)=O)o1. The van der Waals surface area contributed by atoms with E-state index in [2.05, 4.69) is 10.2 Å². The largest absolute Gasteiger partial charge is 0.421 e. The Morgan fingerprint density at radius 2 is 1.94 bits per heavy atom. The fourth-order valence-corrected chi connectivity index (χ4v) is 2.03. The highest BCUT2D eigenvalue weighted by Crippen LogP contribution is 2.24. The average Bonchev–Trinajstić information content (AvgIpc) is 2.64. The number of nitrogens with two attached hydrogens (primary N) is 1. The molecule has 16 heavy (non-hydrogen) atoms. The molecule has 2 rings (SSSR count). The molecule has 0 fully saturated rings. The zero-order chi connectivity index (χ0) is 11.8. The van der Waals surface area contributed by atoms with Gasteiger partial charge in [-0.15, -0.1) is 10.2 Å². The number of sulfonamides is 1. The maximum atomic E-state index is 11.3. The zero-order valence-corrected chi connectivity index (χ0v) is 9.23. The van der Waals surface area contributed by atoms with Gasteiger partial charge in [0.25, 0.3) is 0 Å². The summed E-state index contributed by atoms with van der Waals surface area (Å²) in [6, 6.07) is 6.20. The number of aromatic nitrogens is 2. The van der Waals surface area contributed by atoms with Gasteiger partial charge in [-0.05, 0) is 12.1 Å². The summed E-state index contributed by atoms with van der Waals surface area (Å²) in [6.45, 7) is 1.62. The summed E-state index contributed by atoms with van der Waals surface area (Å²) in [5.74, 6) is 0.501. The highest BCUT2D eigenvalue weighted by atomic mass is 32.2. The van der Waals surface area contributed by atoms with Gasteiger partial charge in [-0.3, -0.25) is 0 Å². The molecule has 7 heteroatoms. The van der Waals surface area contributed by atoms with Crippen molar-refractivity contribution in [3.05, 3.63) is 30.2 Å². The second-order valence-corrected chi connectivity index (χ2v) is 4.70. The van der Waals surface area contributed by atoms with Crippen LogP contribution in [0.3, 0.4) is 0 Å². The van der Waals surface area contributed by atoms with E-state index in [0.717, 1.165) is 0 Å². The summed E-state index contributed by atoms with van der Waals surface area (Å²) in [5, 5.41) is 12.5. The lowest BCUT2D eigenvalue weighted by atomic mass is 10.2. The molecule has 0 unspecified atom stereocenters. The van der Waals surface area contributed by atoms with Crippen LogP contribution in [0.25, 0.3) is 11.5 Å². The van der Waals surface area contributed by atoms with E-state index in [1.807, 2.05) is 0 Å². The van der Waals surface area contributed by atoms with E-state index in [1.54, 1.807) is 25.1 Å². The maximum Gasteiger partial charge on any atom is 0.249 e. The Balaban J connectivity index is 2.66. The molecule has 2 N–H and O–H groups in total. The Bertz CT molecular complexity index is 618. The van der Waals surface area contributed by atoms with Crippen LogP contribution in [0.1, 0.15) is 5.89 Å². The fourth-order valence-electron chi connectivity index (χ4n) is 1.30. The van der Waals surface area contributed by atoms with Gasteiger partial charge in [0.05, 0.1) is 10.5 Å². The molecule has 0 aliphatic heterocycles. The first-order valence-corrected chi connectivity index (χ1v) is 5.95. The molecule has 0 bridgehead atoms. The minimum Gasteiger partial charge on any atom is -0.421 e. The summed E-state index contributed by atoms with van der Waals surface area (Å²) in [7, 11) is -3.80. The molecule has 0 spiro atoms. The number of hydrogen-bond donors (Lipinski definition) is 1. The normalized spacial score (nSPS) is 11.6. The van der Waals surface area contributed by atoms with E-state index in [1.165, 1.54) is 6.07 Å². The Labute approximate surface area is 92.2 Å². The summed E-state index contributed by atoms with van der Waals surface area (Å²) < 4.78 is 27.8. The maximum absolute atomic E-state index is 11.3. The Kier molecular flexibility index (Phi) is 2.49. The number of benzene rings is 1. The summed E-state index contributed by atoms with van der Waals surface area (Å²) in [6.07, 6.45) is 0. The highest BCUT2D eigenvalue weighted by molar-refractivity contribution is 7.89. The topological polar surface area (TPSA) is 99.1 Å². The number of rotatable bonds is 2. The van der Waals surface area contributed by atoms with Crippen LogP contribution in [0, 0.1) is 6.92 Å². The van der Waals surface area contributed by atoms with Crippen molar-refractivity contribution in [2.45, 2.75) is 11.8 Å². The van der Waals surface area contributed by atoms with Crippen molar-refractivity contribution in [2.75, 3.05) is 0 Å². The standard InChI is InChI=1S/C9H9N3O3S/c1-6-11-12-9(15-6)7-4-2-3-5-8(7)16(10,13)14/h2-5H,1H3,(H2,10,13,14). The molecule has 0 saturated heterocycles. The zero-order valence-electron chi connectivity index (χ0n) is 8.41. The third-order valence-corrected chi connectivity index (χ3v) is 2.92. The number of aryl methyl sites for hydroxylation is 1. The van der Waals surface area contributed by atoms with Gasteiger partial charge in [0.1, 0.15) is 0 Å². The van der Waals surface area contributed by atoms with Crippen LogP contribution in [-0.4, -0.2) is 18.6 Å². The number of hydrogen-bond acceptors (Lipinski definition) is 5. The van der Waals surface area contributed by atoms with Gasteiger partial charge in [-0.1, -0.05) is 12.1 Å². The molecular formula is C9H9N3O3S. The van der Waals surface area contributed by atoms with Crippen molar-refractivity contribution in [2.24, 2.45) is 5.14 Å². The molecule has 1 aromatic carbocycles. The van der Waals surface area contributed by atoms with E-state index >= 15 is 0 Å². The van der Waals surface area contributed by atoms with Crippen LogP contribution in [0.4, 0.5) is 0 Å². The van der Waals surface area contributed by atoms with E-state index in [0.29, 0.717) is 11.5 Å². The Morgan fingerprint density at radius 3 is 2.50 bits per heavy atom. The Hall–Kier alpha value is -1.73. The minimum atomic E-state index is -3.80. The van der Waals surface area contributed by atoms with Crippen molar-refractivity contribution in [1.29, 1.82) is 0 Å². The first-order chi connectivity index (χ1) is 7.48. The molecular weight excluding hydrogens is 230 g/mol. The summed E-state index contributed by atoms with van der Waals surface area (Å²) in [5.41, 5.74) is 0.311. The van der Waals surface area contributed by atoms with Crippen molar-refractivity contribution in [3.63, 3.8) is 0 Å². The highest BCUT2D eigenvalue weighted by Gasteiger charge is 2.18. The first kappa shape index (κ1) is 10.8. The Morgan fingerprint density at radius 1 is 1.25 bits per heavy atom. The van der Waals surface area contributed by atoms with Gasteiger partial charge in [-0.25, -0.2) is 13.6 Å². The third kappa shape index (κ3) is 1.95. The van der Waals surface area contributed by atoms with Crippen LogP contribution in [-0.2, 0) is 10.0 Å². The number of nitrogens with zero attached hydrogens (tertiary/aromatic N) is 2. The lowest BCUT2D eigenvalue weighted by Crippen LogP contribution is -2.13. The van der Waals surface area contributed by atoms with E-state index < -0.39 is 10.0 Å². The molecule has 0 atom stereocenters. The third-order valence-electron chi connectivity index (χ3n) is 1.95. The molecule has 0 aliphatic carbocycles. The lowest BCUT2D eigenvalue weighted by Gasteiger charge is -2.02. The smallest absolute Gasteiger partial charge is 0.249 e. The monoisotopic (exact) mass is 239 g/mol. The van der Waals surface area contributed by atoms with Gasteiger partial charge in [0, 0.05) is 6.92 Å². The van der Waals surface area contributed by atoms with Gasteiger partial charge < -0.3 is 4.42 Å². The fraction of sp³-hybridized carbons (Fsp3) is 0.111. The molecule has 0 aliphatic rings. The van der Waals surface area contributed by atoms with Crippen molar-refractivity contribution in [1.82, 2.24) is 10.2 Å². The van der Waals surface area contributed by atoms with Gasteiger partial charge >= 0.3 is 0 Å². The molecule has 84 valence electrons.